The highest BCUT2D eigenvalue weighted by Gasteiger charge is 2.61. The van der Waals surface area contributed by atoms with Gasteiger partial charge in [-0.1, -0.05) is 35.9 Å². The summed E-state index contributed by atoms with van der Waals surface area (Å²) in [6, 6.07) is 17.9. The van der Waals surface area contributed by atoms with E-state index in [-0.39, 0.29) is 11.8 Å². The number of para-hydroxylation sites is 1. The predicted octanol–water partition coefficient (Wildman–Crippen LogP) is 4.38. The number of hydroxylamine groups is 1. The molecule has 0 aliphatic carbocycles. The quantitative estimate of drug-likeness (QED) is 0.477. The number of rotatable bonds is 6. The SMILES string of the molecule is COc1cc(OC)c([C@H]2[C@H]3C(=O)N(c4ccc(C)cc4C)C(=O)[C@H]3ON2c2ccccc2)cc1OC. The number of amides is 2. The molecule has 2 amide bonds. The Morgan fingerprint density at radius 2 is 1.44 bits per heavy atom. The number of carbonyl (C=O) groups excluding carboxylic acids is 2. The topological polar surface area (TPSA) is 77.5 Å². The molecule has 2 saturated heterocycles. The number of ether oxygens (including phenoxy) is 3. The molecular weight excluding hydrogens is 460 g/mol. The molecule has 186 valence electrons. The lowest BCUT2D eigenvalue weighted by Crippen LogP contribution is -2.37. The van der Waals surface area contributed by atoms with Crippen molar-refractivity contribution in [3.63, 3.8) is 0 Å². The van der Waals surface area contributed by atoms with E-state index in [1.54, 1.807) is 38.5 Å². The molecule has 8 heteroatoms. The summed E-state index contributed by atoms with van der Waals surface area (Å²) in [5.74, 6) is -0.0474. The number of fused-ring (bicyclic) bond motifs is 1. The molecule has 0 aromatic heterocycles. The molecule has 0 N–H and O–H groups in total. The largest absolute Gasteiger partial charge is 0.496 e. The number of nitrogens with zero attached hydrogens (tertiary/aromatic N) is 2. The number of methoxy groups -OCH3 is 3. The van der Waals surface area contributed by atoms with Crippen LogP contribution in [0, 0.1) is 19.8 Å². The number of carbonyl (C=O) groups is 2. The Bertz CT molecular complexity index is 1330. The summed E-state index contributed by atoms with van der Waals surface area (Å²) in [5, 5.41) is 1.63. The zero-order valence-electron chi connectivity index (χ0n) is 20.8. The van der Waals surface area contributed by atoms with Gasteiger partial charge in [-0.05, 0) is 43.7 Å². The molecule has 0 bridgehead atoms. The summed E-state index contributed by atoms with van der Waals surface area (Å²) >= 11 is 0. The average Bonchev–Trinajstić information content (AvgIpc) is 3.39. The van der Waals surface area contributed by atoms with Crippen LogP contribution in [0.5, 0.6) is 17.2 Å². The Hall–Kier alpha value is -4.04. The van der Waals surface area contributed by atoms with Crippen molar-refractivity contribution < 1.29 is 28.6 Å². The van der Waals surface area contributed by atoms with Crippen molar-refractivity contribution >= 4 is 23.2 Å². The van der Waals surface area contributed by atoms with Crippen LogP contribution >= 0.6 is 0 Å². The lowest BCUT2D eigenvalue weighted by atomic mass is 9.89. The van der Waals surface area contributed by atoms with Gasteiger partial charge >= 0.3 is 0 Å². The second kappa shape index (κ2) is 9.20. The summed E-state index contributed by atoms with van der Waals surface area (Å²) in [4.78, 5) is 35.1. The lowest BCUT2D eigenvalue weighted by molar-refractivity contribution is -0.126. The zero-order valence-corrected chi connectivity index (χ0v) is 20.8. The standard InChI is InChI=1S/C28H28N2O6/c1-16-11-12-20(17(2)13-16)29-27(31)24-25(19-14-22(34-4)23(35-5)15-21(19)33-3)30(36-26(24)28(29)32)18-9-7-6-8-10-18/h6-15,24-26H,1-5H3/t24-,25+,26+/m1/s1. The third-order valence-corrected chi connectivity index (χ3v) is 6.77. The first-order valence-corrected chi connectivity index (χ1v) is 11.7. The summed E-state index contributed by atoms with van der Waals surface area (Å²) in [5.41, 5.74) is 3.83. The molecular formula is C28H28N2O6. The summed E-state index contributed by atoms with van der Waals surface area (Å²) < 4.78 is 16.7. The van der Waals surface area contributed by atoms with Crippen LogP contribution in [-0.2, 0) is 14.4 Å². The molecule has 2 aliphatic heterocycles. The van der Waals surface area contributed by atoms with Gasteiger partial charge in [-0.2, -0.15) is 0 Å². The van der Waals surface area contributed by atoms with Gasteiger partial charge in [-0.25, -0.2) is 9.96 Å². The molecule has 36 heavy (non-hydrogen) atoms. The van der Waals surface area contributed by atoms with Gasteiger partial charge in [0.15, 0.2) is 17.6 Å². The monoisotopic (exact) mass is 488 g/mol. The Balaban J connectivity index is 1.66. The van der Waals surface area contributed by atoms with Crippen molar-refractivity contribution in [3.05, 3.63) is 77.4 Å². The van der Waals surface area contributed by atoms with Crippen molar-refractivity contribution in [1.29, 1.82) is 0 Å². The molecule has 3 atom stereocenters. The van der Waals surface area contributed by atoms with Gasteiger partial charge in [0.1, 0.15) is 17.7 Å². The Kier molecular flexibility index (Phi) is 6.05. The number of imide groups is 1. The van der Waals surface area contributed by atoms with E-state index in [1.165, 1.54) is 4.90 Å². The normalized spacial score (nSPS) is 21.1. The van der Waals surface area contributed by atoms with Gasteiger partial charge in [0.05, 0.1) is 32.7 Å². The fourth-order valence-electron chi connectivity index (χ4n) is 5.11. The van der Waals surface area contributed by atoms with Crippen molar-refractivity contribution in [2.75, 3.05) is 31.3 Å². The molecule has 0 spiro atoms. The van der Waals surface area contributed by atoms with E-state index in [4.69, 9.17) is 19.0 Å². The third kappa shape index (κ3) is 3.65. The summed E-state index contributed by atoms with van der Waals surface area (Å²) in [7, 11) is 4.64. The smallest absolute Gasteiger partial charge is 0.266 e. The molecule has 2 heterocycles. The van der Waals surface area contributed by atoms with Crippen LogP contribution in [0.1, 0.15) is 22.7 Å². The Morgan fingerprint density at radius 3 is 2.08 bits per heavy atom. The van der Waals surface area contributed by atoms with E-state index in [0.717, 1.165) is 11.1 Å². The van der Waals surface area contributed by atoms with Gasteiger partial charge in [0.25, 0.3) is 5.91 Å². The Morgan fingerprint density at radius 1 is 0.778 bits per heavy atom. The highest BCUT2D eigenvalue weighted by atomic mass is 16.7. The van der Waals surface area contributed by atoms with E-state index >= 15 is 0 Å². The molecule has 2 aliphatic rings. The molecule has 0 saturated carbocycles. The summed E-state index contributed by atoms with van der Waals surface area (Å²) in [6.07, 6.45) is -0.985. The molecule has 5 rings (SSSR count). The van der Waals surface area contributed by atoms with Crippen molar-refractivity contribution in [3.8, 4) is 17.2 Å². The van der Waals surface area contributed by atoms with Crippen LogP contribution in [-0.4, -0.2) is 39.2 Å². The minimum Gasteiger partial charge on any atom is -0.496 e. The maximum absolute atomic E-state index is 14.0. The van der Waals surface area contributed by atoms with E-state index in [2.05, 4.69) is 0 Å². The average molecular weight is 489 g/mol. The van der Waals surface area contributed by atoms with Gasteiger partial charge in [-0.15, -0.1) is 0 Å². The minimum absolute atomic E-state index is 0.322. The molecule has 0 unspecified atom stereocenters. The third-order valence-electron chi connectivity index (χ3n) is 6.77. The van der Waals surface area contributed by atoms with Crippen LogP contribution in [0.4, 0.5) is 11.4 Å². The number of hydrogen-bond acceptors (Lipinski definition) is 7. The van der Waals surface area contributed by atoms with Crippen LogP contribution < -0.4 is 24.2 Å². The van der Waals surface area contributed by atoms with E-state index in [1.807, 2.05) is 62.4 Å². The molecule has 8 nitrogen and oxygen atoms in total. The van der Waals surface area contributed by atoms with Crippen LogP contribution in [0.15, 0.2) is 60.7 Å². The molecule has 3 aromatic rings. The van der Waals surface area contributed by atoms with Gasteiger partial charge in [0.2, 0.25) is 5.91 Å². The summed E-state index contributed by atoms with van der Waals surface area (Å²) in [6.45, 7) is 3.86. The number of aryl methyl sites for hydroxylation is 2. The maximum atomic E-state index is 14.0. The van der Waals surface area contributed by atoms with Crippen LogP contribution in [0.2, 0.25) is 0 Å². The predicted molar refractivity (Wildman–Crippen MR) is 135 cm³/mol. The van der Waals surface area contributed by atoms with E-state index in [0.29, 0.717) is 34.2 Å². The number of hydrogen-bond donors (Lipinski definition) is 0. The fraction of sp³-hybridized carbons (Fsp3) is 0.286. The minimum atomic E-state index is -0.985. The number of benzene rings is 3. The molecule has 3 aromatic carbocycles. The number of anilines is 2. The maximum Gasteiger partial charge on any atom is 0.266 e. The van der Waals surface area contributed by atoms with Crippen molar-refractivity contribution in [2.24, 2.45) is 5.92 Å². The zero-order chi connectivity index (χ0) is 25.6. The Labute approximate surface area is 209 Å². The lowest BCUT2D eigenvalue weighted by Gasteiger charge is -2.30. The van der Waals surface area contributed by atoms with Crippen molar-refractivity contribution in [2.45, 2.75) is 26.0 Å². The highest BCUT2D eigenvalue weighted by Crippen LogP contribution is 2.51. The second-order valence-corrected chi connectivity index (χ2v) is 8.91. The molecule has 2 fully saturated rings. The van der Waals surface area contributed by atoms with Gasteiger partial charge < -0.3 is 14.2 Å². The second-order valence-electron chi connectivity index (χ2n) is 8.91. The van der Waals surface area contributed by atoms with E-state index < -0.39 is 18.1 Å². The first-order chi connectivity index (χ1) is 17.4. The highest BCUT2D eigenvalue weighted by molar-refractivity contribution is 6.24. The first-order valence-electron chi connectivity index (χ1n) is 11.7. The van der Waals surface area contributed by atoms with Gasteiger partial charge in [0, 0.05) is 11.6 Å². The van der Waals surface area contributed by atoms with Crippen LogP contribution in [0.25, 0.3) is 0 Å². The van der Waals surface area contributed by atoms with E-state index in [9.17, 15) is 9.59 Å². The van der Waals surface area contributed by atoms with Crippen LogP contribution in [0.3, 0.4) is 0 Å². The first kappa shape index (κ1) is 23.7. The van der Waals surface area contributed by atoms with Gasteiger partial charge in [-0.3, -0.25) is 14.4 Å². The molecule has 0 radical (unpaired) electrons. The van der Waals surface area contributed by atoms with Crippen molar-refractivity contribution in [1.82, 2.24) is 0 Å². The fourth-order valence-corrected chi connectivity index (χ4v) is 5.11.